The summed E-state index contributed by atoms with van der Waals surface area (Å²) in [5.41, 5.74) is 0. The molecule has 1 atom stereocenters. The number of nitrogens with zero attached hydrogens (tertiary/aromatic N) is 2. The molecule has 0 bridgehead atoms. The topological polar surface area (TPSA) is 52.7 Å². The summed E-state index contributed by atoms with van der Waals surface area (Å²) in [6.45, 7) is 6.96. The molecular formula is C13H21N3O2S2. The molecule has 2 fully saturated rings. The van der Waals surface area contributed by atoms with Gasteiger partial charge in [-0.3, -0.25) is 4.90 Å². The summed E-state index contributed by atoms with van der Waals surface area (Å²) in [6, 6.07) is 4.18. The standard InChI is InChI=1S/C13H21N3O2S2/c1-11-2-3-13(19-11)20(17,18)16-8-6-15(7-9-16)12-4-5-14-10-12/h2-3,12,14H,4-10H2,1H3. The van der Waals surface area contributed by atoms with E-state index in [-0.39, 0.29) is 0 Å². The first kappa shape index (κ1) is 14.5. The molecule has 0 amide bonds. The van der Waals surface area contributed by atoms with E-state index in [4.69, 9.17) is 0 Å². The third-order valence-corrected chi connectivity index (χ3v) is 7.50. The number of sulfonamides is 1. The Morgan fingerprint density at radius 3 is 2.55 bits per heavy atom. The zero-order chi connectivity index (χ0) is 14.2. The maximum absolute atomic E-state index is 12.5. The van der Waals surface area contributed by atoms with Gasteiger partial charge in [0.15, 0.2) is 0 Å². The van der Waals surface area contributed by atoms with Crippen molar-refractivity contribution in [3.8, 4) is 0 Å². The van der Waals surface area contributed by atoms with Crippen LogP contribution < -0.4 is 5.32 Å². The highest BCUT2D eigenvalue weighted by atomic mass is 32.2. The SMILES string of the molecule is Cc1ccc(S(=O)(=O)N2CCN(C3CCNC3)CC2)s1. The Morgan fingerprint density at radius 2 is 2.00 bits per heavy atom. The number of aryl methyl sites for hydroxylation is 1. The summed E-state index contributed by atoms with van der Waals surface area (Å²) in [4.78, 5) is 3.46. The third-order valence-electron chi connectivity index (χ3n) is 4.13. The van der Waals surface area contributed by atoms with Gasteiger partial charge in [0, 0.05) is 43.6 Å². The molecular weight excluding hydrogens is 294 g/mol. The van der Waals surface area contributed by atoms with E-state index in [1.807, 2.05) is 13.0 Å². The molecule has 1 aromatic heterocycles. The molecule has 7 heteroatoms. The van der Waals surface area contributed by atoms with E-state index in [1.54, 1.807) is 10.4 Å². The van der Waals surface area contributed by atoms with Crippen molar-refractivity contribution in [2.75, 3.05) is 39.3 Å². The van der Waals surface area contributed by atoms with Gasteiger partial charge in [-0.1, -0.05) is 0 Å². The minimum absolute atomic E-state index is 0.478. The molecule has 3 heterocycles. The van der Waals surface area contributed by atoms with Crippen LogP contribution in [0.2, 0.25) is 0 Å². The molecule has 0 aliphatic carbocycles. The van der Waals surface area contributed by atoms with Crippen molar-refractivity contribution in [1.29, 1.82) is 0 Å². The van der Waals surface area contributed by atoms with Crippen LogP contribution in [0.15, 0.2) is 16.3 Å². The quantitative estimate of drug-likeness (QED) is 0.893. The van der Waals surface area contributed by atoms with Crippen molar-refractivity contribution in [1.82, 2.24) is 14.5 Å². The predicted molar refractivity (Wildman–Crippen MR) is 80.7 cm³/mol. The summed E-state index contributed by atoms with van der Waals surface area (Å²) < 4.78 is 27.2. The lowest BCUT2D eigenvalue weighted by Gasteiger charge is -2.36. The van der Waals surface area contributed by atoms with Crippen LogP contribution in [0, 0.1) is 6.92 Å². The van der Waals surface area contributed by atoms with Crippen LogP contribution >= 0.6 is 11.3 Å². The van der Waals surface area contributed by atoms with Gasteiger partial charge in [0.05, 0.1) is 0 Å². The van der Waals surface area contributed by atoms with E-state index in [9.17, 15) is 8.42 Å². The Hall–Kier alpha value is -0.470. The molecule has 0 saturated carbocycles. The van der Waals surface area contributed by atoms with Crippen molar-refractivity contribution in [3.63, 3.8) is 0 Å². The van der Waals surface area contributed by atoms with Gasteiger partial charge in [-0.2, -0.15) is 4.31 Å². The highest BCUT2D eigenvalue weighted by Gasteiger charge is 2.32. The molecule has 2 aliphatic heterocycles. The molecule has 5 nitrogen and oxygen atoms in total. The minimum Gasteiger partial charge on any atom is -0.315 e. The lowest BCUT2D eigenvalue weighted by Crippen LogP contribution is -2.52. The van der Waals surface area contributed by atoms with Gasteiger partial charge >= 0.3 is 0 Å². The summed E-state index contributed by atoms with van der Waals surface area (Å²) in [6.07, 6.45) is 1.18. The molecule has 3 rings (SSSR count). The van der Waals surface area contributed by atoms with Crippen LogP contribution in [0.3, 0.4) is 0 Å². The third kappa shape index (κ3) is 2.78. The fourth-order valence-electron chi connectivity index (χ4n) is 2.94. The lowest BCUT2D eigenvalue weighted by molar-refractivity contribution is 0.145. The molecule has 20 heavy (non-hydrogen) atoms. The second-order valence-corrected chi connectivity index (χ2v) is 8.90. The van der Waals surface area contributed by atoms with Crippen LogP contribution in [-0.4, -0.2) is 62.9 Å². The zero-order valence-corrected chi connectivity index (χ0v) is 13.3. The van der Waals surface area contributed by atoms with Crippen molar-refractivity contribution < 1.29 is 8.42 Å². The van der Waals surface area contributed by atoms with Crippen molar-refractivity contribution in [3.05, 3.63) is 17.0 Å². The van der Waals surface area contributed by atoms with Gasteiger partial charge in [-0.25, -0.2) is 8.42 Å². The summed E-state index contributed by atoms with van der Waals surface area (Å²) in [7, 11) is -3.28. The molecule has 112 valence electrons. The Kier molecular flexibility index (Phi) is 4.14. The van der Waals surface area contributed by atoms with E-state index >= 15 is 0 Å². The Balaban J connectivity index is 1.65. The highest BCUT2D eigenvalue weighted by Crippen LogP contribution is 2.25. The fourth-order valence-corrected chi connectivity index (χ4v) is 5.80. The molecule has 2 aliphatic rings. The van der Waals surface area contributed by atoms with E-state index in [0.29, 0.717) is 23.3 Å². The van der Waals surface area contributed by atoms with E-state index in [0.717, 1.165) is 31.1 Å². The van der Waals surface area contributed by atoms with Gasteiger partial charge in [-0.05, 0) is 32.0 Å². The minimum atomic E-state index is -3.28. The molecule has 1 aromatic rings. The Bertz CT molecular complexity index is 556. The predicted octanol–water partition coefficient (Wildman–Crippen LogP) is 0.725. The van der Waals surface area contributed by atoms with Gasteiger partial charge < -0.3 is 5.32 Å². The summed E-state index contributed by atoms with van der Waals surface area (Å²) in [5, 5.41) is 3.37. The molecule has 1 unspecified atom stereocenters. The second-order valence-electron chi connectivity index (χ2n) is 5.45. The Labute approximate surface area is 124 Å². The van der Waals surface area contributed by atoms with Crippen LogP contribution in [0.1, 0.15) is 11.3 Å². The molecule has 0 radical (unpaired) electrons. The summed E-state index contributed by atoms with van der Waals surface area (Å²) >= 11 is 1.36. The average molecular weight is 315 g/mol. The van der Waals surface area contributed by atoms with E-state index in [2.05, 4.69) is 10.2 Å². The van der Waals surface area contributed by atoms with Gasteiger partial charge in [-0.15, -0.1) is 11.3 Å². The molecule has 0 aromatic carbocycles. The Morgan fingerprint density at radius 1 is 1.25 bits per heavy atom. The largest absolute Gasteiger partial charge is 0.315 e. The number of hydrogen-bond donors (Lipinski definition) is 1. The van der Waals surface area contributed by atoms with Crippen LogP contribution in [0.4, 0.5) is 0 Å². The zero-order valence-electron chi connectivity index (χ0n) is 11.7. The van der Waals surface area contributed by atoms with Gasteiger partial charge in [0.25, 0.3) is 10.0 Å². The van der Waals surface area contributed by atoms with Crippen LogP contribution in [0.5, 0.6) is 0 Å². The van der Waals surface area contributed by atoms with Crippen molar-refractivity contribution in [2.45, 2.75) is 23.6 Å². The monoisotopic (exact) mass is 315 g/mol. The first-order valence-electron chi connectivity index (χ1n) is 7.09. The van der Waals surface area contributed by atoms with Gasteiger partial charge in [0.1, 0.15) is 4.21 Å². The fraction of sp³-hybridized carbons (Fsp3) is 0.692. The van der Waals surface area contributed by atoms with Crippen LogP contribution in [-0.2, 0) is 10.0 Å². The number of thiophene rings is 1. The number of piperazine rings is 1. The number of nitrogens with one attached hydrogen (secondary N) is 1. The lowest BCUT2D eigenvalue weighted by atomic mass is 10.2. The number of hydrogen-bond acceptors (Lipinski definition) is 5. The maximum Gasteiger partial charge on any atom is 0.252 e. The highest BCUT2D eigenvalue weighted by molar-refractivity contribution is 7.91. The van der Waals surface area contributed by atoms with E-state index < -0.39 is 10.0 Å². The normalized spacial score (nSPS) is 26.1. The smallest absolute Gasteiger partial charge is 0.252 e. The first-order chi connectivity index (χ1) is 9.57. The average Bonchev–Trinajstić information content (AvgIpc) is 3.10. The summed E-state index contributed by atoms with van der Waals surface area (Å²) in [5.74, 6) is 0. The van der Waals surface area contributed by atoms with Gasteiger partial charge in [0.2, 0.25) is 0 Å². The van der Waals surface area contributed by atoms with Crippen LogP contribution in [0.25, 0.3) is 0 Å². The number of rotatable bonds is 3. The second kappa shape index (κ2) is 5.73. The first-order valence-corrected chi connectivity index (χ1v) is 9.34. The molecule has 1 N–H and O–H groups in total. The van der Waals surface area contributed by atoms with E-state index in [1.165, 1.54) is 17.8 Å². The molecule has 0 spiro atoms. The van der Waals surface area contributed by atoms with Crippen molar-refractivity contribution in [2.24, 2.45) is 0 Å². The maximum atomic E-state index is 12.5. The van der Waals surface area contributed by atoms with Crippen molar-refractivity contribution >= 4 is 21.4 Å². The molecule has 2 saturated heterocycles.